The van der Waals surface area contributed by atoms with E-state index in [0.29, 0.717) is 6.54 Å². The maximum absolute atomic E-state index is 12.4. The highest BCUT2D eigenvalue weighted by molar-refractivity contribution is 6.30. The first kappa shape index (κ1) is 16.4. The fraction of sp³-hybridized carbons (Fsp3) is 0.650. The minimum absolute atomic E-state index is 0.00734. The molecule has 4 bridgehead atoms. The van der Waals surface area contributed by atoms with Gasteiger partial charge in [0.1, 0.15) is 0 Å². The lowest BCUT2D eigenvalue weighted by Crippen LogP contribution is -2.59. The highest BCUT2D eigenvalue weighted by atomic mass is 35.5. The Kier molecular flexibility index (Phi) is 4.34. The Morgan fingerprint density at radius 3 is 2.21 bits per heavy atom. The maximum Gasteiger partial charge on any atom is 0.234 e. The first-order valence-corrected chi connectivity index (χ1v) is 9.69. The quantitative estimate of drug-likeness (QED) is 0.843. The molecule has 0 aliphatic heterocycles. The molecule has 4 fully saturated rings. The number of rotatable bonds is 5. The summed E-state index contributed by atoms with van der Waals surface area (Å²) in [6.07, 6.45) is 8.12. The Balaban J connectivity index is 1.31. The Morgan fingerprint density at radius 1 is 1.12 bits per heavy atom. The summed E-state index contributed by atoms with van der Waals surface area (Å²) >= 11 is 5.92. The molecule has 1 aromatic rings. The molecule has 0 saturated heterocycles. The summed E-state index contributed by atoms with van der Waals surface area (Å²) in [5, 5.41) is 7.49. The van der Waals surface area contributed by atoms with Gasteiger partial charge in [0.15, 0.2) is 0 Å². The van der Waals surface area contributed by atoms with Crippen molar-refractivity contribution in [2.75, 3.05) is 6.54 Å². The lowest BCUT2D eigenvalue weighted by atomic mass is 9.53. The molecular weight excluding hydrogens is 320 g/mol. The summed E-state index contributed by atoms with van der Waals surface area (Å²) in [7, 11) is 0. The van der Waals surface area contributed by atoms with Gasteiger partial charge in [0, 0.05) is 10.6 Å². The van der Waals surface area contributed by atoms with Gasteiger partial charge >= 0.3 is 0 Å². The highest BCUT2D eigenvalue weighted by Crippen LogP contribution is 2.55. The first-order valence-electron chi connectivity index (χ1n) is 9.31. The Bertz CT molecular complexity index is 577. The third kappa shape index (κ3) is 3.34. The number of halogens is 1. The molecule has 0 heterocycles. The smallest absolute Gasteiger partial charge is 0.234 e. The van der Waals surface area contributed by atoms with Crippen LogP contribution in [0.5, 0.6) is 0 Å². The minimum Gasteiger partial charge on any atom is -0.348 e. The third-order valence-electron chi connectivity index (χ3n) is 6.41. The molecule has 0 unspecified atom stereocenters. The van der Waals surface area contributed by atoms with Crippen molar-refractivity contribution in [3.05, 3.63) is 34.9 Å². The van der Waals surface area contributed by atoms with Crippen molar-refractivity contribution < 1.29 is 4.79 Å². The van der Waals surface area contributed by atoms with Crippen molar-refractivity contribution in [2.45, 2.75) is 57.0 Å². The fourth-order valence-corrected chi connectivity index (χ4v) is 5.85. The van der Waals surface area contributed by atoms with Gasteiger partial charge in [-0.15, -0.1) is 0 Å². The summed E-state index contributed by atoms with van der Waals surface area (Å²) < 4.78 is 0. The predicted octanol–water partition coefficient (Wildman–Crippen LogP) is 4.08. The zero-order valence-corrected chi connectivity index (χ0v) is 15.1. The molecule has 2 N–H and O–H groups in total. The summed E-state index contributed by atoms with van der Waals surface area (Å²) in [5.74, 6) is 2.80. The fourth-order valence-electron chi connectivity index (χ4n) is 5.72. The average Bonchev–Trinajstić information content (AvgIpc) is 2.52. The number of nitrogens with one attached hydrogen (secondary N) is 2. The third-order valence-corrected chi connectivity index (χ3v) is 6.66. The van der Waals surface area contributed by atoms with E-state index in [4.69, 9.17) is 11.6 Å². The zero-order valence-electron chi connectivity index (χ0n) is 14.4. The molecule has 0 radical (unpaired) electrons. The van der Waals surface area contributed by atoms with Crippen molar-refractivity contribution >= 4 is 17.5 Å². The molecule has 1 amide bonds. The van der Waals surface area contributed by atoms with E-state index >= 15 is 0 Å². The maximum atomic E-state index is 12.4. The van der Waals surface area contributed by atoms with E-state index in [-0.39, 0.29) is 17.5 Å². The second kappa shape index (κ2) is 6.34. The number of carbonyl (C=O) groups excluding carboxylic acids is 1. The molecule has 130 valence electrons. The summed E-state index contributed by atoms with van der Waals surface area (Å²) in [4.78, 5) is 12.4. The van der Waals surface area contributed by atoms with Crippen molar-refractivity contribution in [3.63, 3.8) is 0 Å². The number of amides is 1. The van der Waals surface area contributed by atoms with Crippen LogP contribution < -0.4 is 10.6 Å². The van der Waals surface area contributed by atoms with E-state index in [1.54, 1.807) is 0 Å². The molecular formula is C20H27ClN2O. The van der Waals surface area contributed by atoms with Gasteiger partial charge in [-0.25, -0.2) is 0 Å². The van der Waals surface area contributed by atoms with Gasteiger partial charge in [-0.2, -0.15) is 0 Å². The van der Waals surface area contributed by atoms with Crippen LogP contribution in [0.3, 0.4) is 0 Å². The predicted molar refractivity (Wildman–Crippen MR) is 96.9 cm³/mol. The van der Waals surface area contributed by atoms with E-state index in [0.717, 1.165) is 28.3 Å². The van der Waals surface area contributed by atoms with Gasteiger partial charge in [-0.1, -0.05) is 23.7 Å². The van der Waals surface area contributed by atoms with Crippen LogP contribution in [-0.2, 0) is 4.79 Å². The Hall–Kier alpha value is -1.06. The van der Waals surface area contributed by atoms with Crippen LogP contribution in [0.2, 0.25) is 5.02 Å². The summed E-state index contributed by atoms with van der Waals surface area (Å²) in [6, 6.07) is 7.69. The number of carbonyl (C=O) groups is 1. The van der Waals surface area contributed by atoms with Crippen LogP contribution in [-0.4, -0.2) is 18.0 Å². The lowest BCUT2D eigenvalue weighted by molar-refractivity contribution is -0.122. The average molecular weight is 347 g/mol. The molecule has 1 atom stereocenters. The topological polar surface area (TPSA) is 41.1 Å². The molecule has 3 nitrogen and oxygen atoms in total. The van der Waals surface area contributed by atoms with Gasteiger partial charge < -0.3 is 10.6 Å². The van der Waals surface area contributed by atoms with E-state index in [1.807, 2.05) is 31.2 Å². The van der Waals surface area contributed by atoms with Crippen LogP contribution in [0.4, 0.5) is 0 Å². The van der Waals surface area contributed by atoms with E-state index < -0.39 is 0 Å². The molecule has 4 heteroatoms. The SMILES string of the molecule is C[C@H](NC(=O)CNC12CC3CC(CC(C3)C1)C2)c1ccc(Cl)cc1. The minimum atomic E-state index is 0.00734. The standard InChI is InChI=1S/C20H27ClN2O/c1-13(17-2-4-18(21)5-3-17)23-19(24)12-22-20-9-14-6-15(10-20)8-16(7-14)11-20/h2-5,13-16,22H,6-12H2,1H3,(H,23,24)/t13-,14?,15?,16?,20?/m0/s1. The lowest BCUT2D eigenvalue weighted by Gasteiger charge is -2.57. The Morgan fingerprint density at radius 2 is 1.67 bits per heavy atom. The normalized spacial score (nSPS) is 35.0. The van der Waals surface area contributed by atoms with E-state index in [2.05, 4.69) is 10.6 Å². The van der Waals surface area contributed by atoms with Gasteiger partial charge in [-0.05, 0) is 80.9 Å². The van der Waals surface area contributed by atoms with Crippen molar-refractivity contribution in [1.29, 1.82) is 0 Å². The molecule has 4 aliphatic rings. The molecule has 5 rings (SSSR count). The van der Waals surface area contributed by atoms with E-state index in [1.165, 1.54) is 38.5 Å². The van der Waals surface area contributed by atoms with Gasteiger partial charge in [-0.3, -0.25) is 4.79 Å². The van der Waals surface area contributed by atoms with Crippen LogP contribution >= 0.6 is 11.6 Å². The van der Waals surface area contributed by atoms with Crippen LogP contribution in [0, 0.1) is 17.8 Å². The second-order valence-corrected chi connectivity index (χ2v) is 8.83. The molecule has 1 aromatic carbocycles. The largest absolute Gasteiger partial charge is 0.348 e. The van der Waals surface area contributed by atoms with Crippen LogP contribution in [0.15, 0.2) is 24.3 Å². The molecule has 4 saturated carbocycles. The van der Waals surface area contributed by atoms with Crippen LogP contribution in [0.25, 0.3) is 0 Å². The Labute approximate surface area is 149 Å². The van der Waals surface area contributed by atoms with Crippen molar-refractivity contribution in [2.24, 2.45) is 17.8 Å². The molecule has 0 aromatic heterocycles. The number of hydrogen-bond acceptors (Lipinski definition) is 2. The number of benzene rings is 1. The van der Waals surface area contributed by atoms with Crippen molar-refractivity contribution in [1.82, 2.24) is 10.6 Å². The number of hydrogen-bond donors (Lipinski definition) is 2. The summed E-state index contributed by atoms with van der Waals surface area (Å²) in [6.45, 7) is 2.45. The van der Waals surface area contributed by atoms with Gasteiger partial charge in [0.05, 0.1) is 12.6 Å². The zero-order chi connectivity index (χ0) is 16.7. The molecule has 4 aliphatic carbocycles. The monoisotopic (exact) mass is 346 g/mol. The highest BCUT2D eigenvalue weighted by Gasteiger charge is 2.50. The van der Waals surface area contributed by atoms with E-state index in [9.17, 15) is 4.79 Å². The van der Waals surface area contributed by atoms with Gasteiger partial charge in [0.2, 0.25) is 5.91 Å². The molecule has 0 spiro atoms. The molecule has 24 heavy (non-hydrogen) atoms. The van der Waals surface area contributed by atoms with Crippen LogP contribution in [0.1, 0.15) is 57.1 Å². The van der Waals surface area contributed by atoms with Gasteiger partial charge in [0.25, 0.3) is 0 Å². The summed E-state index contributed by atoms with van der Waals surface area (Å²) in [5.41, 5.74) is 1.33. The first-order chi connectivity index (χ1) is 11.5. The second-order valence-electron chi connectivity index (χ2n) is 8.39. The van der Waals surface area contributed by atoms with Crippen molar-refractivity contribution in [3.8, 4) is 0 Å².